The highest BCUT2D eigenvalue weighted by atomic mass is 32.2. The molecule has 0 bridgehead atoms. The van der Waals surface area contributed by atoms with Gasteiger partial charge in [-0.1, -0.05) is 41.1 Å². The maximum atomic E-state index is 13.5. The minimum absolute atomic E-state index is 0.00563. The van der Waals surface area contributed by atoms with Crippen LogP contribution < -0.4 is 0 Å². The summed E-state index contributed by atoms with van der Waals surface area (Å²) >= 11 is 0. The monoisotopic (exact) mass is 529 g/mol. The van der Waals surface area contributed by atoms with E-state index >= 15 is 0 Å². The van der Waals surface area contributed by atoms with Gasteiger partial charge in [0, 0.05) is 32.1 Å². The minimum Gasteiger partial charge on any atom is -0.466 e. The Labute approximate surface area is 218 Å². The number of hydrogen-bond donors (Lipinski definition) is 0. The summed E-state index contributed by atoms with van der Waals surface area (Å²) in [6.07, 6.45) is 5.76. The molecule has 2 aliphatic rings. The number of benzene rings is 1. The van der Waals surface area contributed by atoms with E-state index in [9.17, 15) is 18.0 Å². The molecule has 4 rings (SSSR count). The fourth-order valence-electron chi connectivity index (χ4n) is 5.01. The van der Waals surface area contributed by atoms with Crippen LogP contribution in [0.4, 0.5) is 0 Å². The molecule has 1 aromatic heterocycles. The van der Waals surface area contributed by atoms with Crippen LogP contribution in [-0.4, -0.2) is 67.4 Å². The largest absolute Gasteiger partial charge is 0.466 e. The van der Waals surface area contributed by atoms with Gasteiger partial charge in [0.1, 0.15) is 5.69 Å². The molecule has 37 heavy (non-hydrogen) atoms. The van der Waals surface area contributed by atoms with E-state index < -0.39 is 10.0 Å². The summed E-state index contributed by atoms with van der Waals surface area (Å²) in [4.78, 5) is 27.1. The number of likely N-dealkylation sites (tertiary alicyclic amines) is 1. The number of carbonyl (C=O) groups excluding carboxylic acids is 2. The maximum absolute atomic E-state index is 13.5. The van der Waals surface area contributed by atoms with Crippen LogP contribution in [0.2, 0.25) is 0 Å². The van der Waals surface area contributed by atoms with Gasteiger partial charge in [-0.3, -0.25) is 9.59 Å². The molecular formula is C27H35N3O6S. The number of ether oxygens (including phenoxy) is 1. The van der Waals surface area contributed by atoms with E-state index in [2.05, 4.69) is 5.16 Å². The number of sulfonamides is 1. The molecular weight excluding hydrogens is 494 g/mol. The molecule has 2 aromatic rings. The molecule has 2 fully saturated rings. The first-order valence-corrected chi connectivity index (χ1v) is 14.3. The molecule has 1 aromatic carbocycles. The fraction of sp³-hybridized carbons (Fsp3) is 0.519. The van der Waals surface area contributed by atoms with Crippen molar-refractivity contribution in [3.05, 3.63) is 46.8 Å². The topological polar surface area (TPSA) is 110 Å². The summed E-state index contributed by atoms with van der Waals surface area (Å²) in [5, 5.41) is 3.91. The molecule has 9 nitrogen and oxygen atoms in total. The number of aryl methyl sites for hydroxylation is 2. The Balaban J connectivity index is 1.41. The summed E-state index contributed by atoms with van der Waals surface area (Å²) in [7, 11) is -3.85. The molecule has 200 valence electrons. The van der Waals surface area contributed by atoms with Crippen LogP contribution in [0, 0.1) is 25.7 Å². The van der Waals surface area contributed by atoms with Gasteiger partial charge in [-0.2, -0.15) is 4.31 Å². The molecule has 0 radical (unpaired) electrons. The van der Waals surface area contributed by atoms with Gasteiger partial charge in [-0.15, -0.1) is 0 Å². The van der Waals surface area contributed by atoms with Crippen molar-refractivity contribution < 1.29 is 27.3 Å². The van der Waals surface area contributed by atoms with Gasteiger partial charge in [-0.25, -0.2) is 8.42 Å². The Morgan fingerprint density at radius 3 is 2.43 bits per heavy atom. The van der Waals surface area contributed by atoms with E-state index in [-0.39, 0.29) is 47.5 Å². The summed E-state index contributed by atoms with van der Waals surface area (Å²) < 4.78 is 39.0. The van der Waals surface area contributed by atoms with Gasteiger partial charge in [0.2, 0.25) is 15.9 Å². The smallest absolute Gasteiger partial charge is 0.310 e. The molecule has 1 atom stereocenters. The van der Waals surface area contributed by atoms with Crippen LogP contribution >= 0.6 is 0 Å². The molecule has 3 heterocycles. The number of aromatic nitrogens is 1. The fourth-order valence-corrected chi connectivity index (χ4v) is 6.73. The maximum Gasteiger partial charge on any atom is 0.310 e. The van der Waals surface area contributed by atoms with Crippen molar-refractivity contribution in [1.29, 1.82) is 0 Å². The minimum atomic E-state index is -3.85. The van der Waals surface area contributed by atoms with Gasteiger partial charge in [0.25, 0.3) is 0 Å². The van der Waals surface area contributed by atoms with Crippen molar-refractivity contribution >= 4 is 34.1 Å². The average molecular weight is 530 g/mol. The third kappa shape index (κ3) is 6.13. The third-order valence-electron chi connectivity index (χ3n) is 7.09. The second kappa shape index (κ2) is 11.6. The first kappa shape index (κ1) is 27.1. The van der Waals surface area contributed by atoms with Crippen LogP contribution in [0.5, 0.6) is 0 Å². The van der Waals surface area contributed by atoms with Crippen LogP contribution in [0.25, 0.3) is 12.2 Å². The Hall–Kier alpha value is -2.98. The Bertz CT molecular complexity index is 1240. The van der Waals surface area contributed by atoms with Crippen LogP contribution in [0.15, 0.2) is 33.7 Å². The number of rotatable bonds is 7. The summed E-state index contributed by atoms with van der Waals surface area (Å²) in [5.74, 6) is -0.626. The lowest BCUT2D eigenvalue weighted by atomic mass is 9.93. The van der Waals surface area contributed by atoms with Crippen LogP contribution in [-0.2, 0) is 24.3 Å². The Morgan fingerprint density at radius 2 is 1.76 bits per heavy atom. The normalized spacial score (nSPS) is 19.9. The van der Waals surface area contributed by atoms with E-state index in [4.69, 9.17) is 9.26 Å². The Morgan fingerprint density at radius 1 is 1.05 bits per heavy atom. The van der Waals surface area contributed by atoms with E-state index in [1.54, 1.807) is 30.9 Å². The molecule has 1 amide bonds. The highest BCUT2D eigenvalue weighted by Crippen LogP contribution is 2.30. The zero-order valence-corrected chi connectivity index (χ0v) is 22.5. The first-order valence-electron chi connectivity index (χ1n) is 12.9. The van der Waals surface area contributed by atoms with E-state index in [1.807, 2.05) is 31.2 Å². The standard InChI is InChI=1S/C27H35N3O6S/c1-4-35-27(32)23-6-5-15-29(18-23)26(31)22-13-16-30(17-14-22)37(33,34)25-20(3)28-36-24(25)12-11-21-9-7-19(2)8-10-21/h7-12,22-23H,4-6,13-18H2,1-3H3/b12-11+. The summed E-state index contributed by atoms with van der Waals surface area (Å²) in [6.45, 7) is 7.17. The molecule has 0 saturated carbocycles. The Kier molecular flexibility index (Phi) is 8.49. The highest BCUT2D eigenvalue weighted by molar-refractivity contribution is 7.89. The van der Waals surface area contributed by atoms with Crippen molar-refractivity contribution in [1.82, 2.24) is 14.4 Å². The number of hydrogen-bond acceptors (Lipinski definition) is 7. The SMILES string of the molecule is CCOC(=O)C1CCCN(C(=O)C2CCN(S(=O)(=O)c3c(C)noc3/C=C/c3ccc(C)cc3)CC2)C1. The molecule has 1 unspecified atom stereocenters. The van der Waals surface area contributed by atoms with Gasteiger partial charge in [-0.05, 0) is 58.1 Å². The van der Waals surface area contributed by atoms with E-state index in [0.717, 1.165) is 24.0 Å². The van der Waals surface area contributed by atoms with E-state index in [0.29, 0.717) is 38.2 Å². The van der Waals surface area contributed by atoms with E-state index in [1.165, 1.54) is 4.31 Å². The van der Waals surface area contributed by atoms with Gasteiger partial charge < -0.3 is 14.2 Å². The zero-order valence-electron chi connectivity index (χ0n) is 21.7. The second-order valence-corrected chi connectivity index (χ2v) is 11.6. The predicted octanol–water partition coefficient (Wildman–Crippen LogP) is 3.66. The number of esters is 1. The van der Waals surface area contributed by atoms with Crippen LogP contribution in [0.3, 0.4) is 0 Å². The lowest BCUT2D eigenvalue weighted by Gasteiger charge is -2.36. The lowest BCUT2D eigenvalue weighted by Crippen LogP contribution is -2.48. The first-order chi connectivity index (χ1) is 17.7. The van der Waals surface area contributed by atoms with Crippen molar-refractivity contribution in [3.8, 4) is 0 Å². The molecule has 10 heteroatoms. The van der Waals surface area contributed by atoms with Crippen molar-refractivity contribution in [3.63, 3.8) is 0 Å². The number of carbonyl (C=O) groups is 2. The molecule has 0 N–H and O–H groups in total. The summed E-state index contributed by atoms with van der Waals surface area (Å²) in [6, 6.07) is 7.86. The number of nitrogens with zero attached hydrogens (tertiary/aromatic N) is 3. The van der Waals surface area contributed by atoms with Crippen molar-refractivity contribution in [2.75, 3.05) is 32.8 Å². The van der Waals surface area contributed by atoms with Gasteiger partial charge >= 0.3 is 5.97 Å². The third-order valence-corrected chi connectivity index (χ3v) is 9.15. The van der Waals surface area contributed by atoms with Crippen molar-refractivity contribution in [2.24, 2.45) is 11.8 Å². The lowest BCUT2D eigenvalue weighted by molar-refractivity contribution is -0.152. The summed E-state index contributed by atoms with van der Waals surface area (Å²) in [5.41, 5.74) is 2.36. The quantitative estimate of drug-likeness (QED) is 0.504. The molecule has 2 aliphatic heterocycles. The number of piperidine rings is 2. The zero-order chi connectivity index (χ0) is 26.6. The highest BCUT2D eigenvalue weighted by Gasteiger charge is 2.38. The van der Waals surface area contributed by atoms with Gasteiger partial charge in [0.15, 0.2) is 10.7 Å². The molecule has 0 spiro atoms. The average Bonchev–Trinajstić information content (AvgIpc) is 3.29. The van der Waals surface area contributed by atoms with Crippen molar-refractivity contribution in [2.45, 2.75) is 51.3 Å². The number of amides is 1. The predicted molar refractivity (Wildman–Crippen MR) is 139 cm³/mol. The second-order valence-electron chi connectivity index (χ2n) is 9.76. The molecule has 2 saturated heterocycles. The van der Waals surface area contributed by atoms with Crippen LogP contribution in [0.1, 0.15) is 55.2 Å². The molecule has 0 aliphatic carbocycles. The van der Waals surface area contributed by atoms with Gasteiger partial charge in [0.05, 0.1) is 12.5 Å².